The minimum atomic E-state index is -3.88. The van der Waals surface area contributed by atoms with Crippen LogP contribution in [0.2, 0.25) is 10.0 Å². The highest BCUT2D eigenvalue weighted by Gasteiger charge is 2.25. The molecule has 1 N–H and O–H groups in total. The minimum absolute atomic E-state index is 0.0209. The first-order valence-corrected chi connectivity index (χ1v) is 9.49. The van der Waals surface area contributed by atoms with Crippen molar-refractivity contribution in [3.05, 3.63) is 52.5 Å². The molecule has 0 unspecified atom stereocenters. The lowest BCUT2D eigenvalue weighted by Gasteiger charge is -2.20. The van der Waals surface area contributed by atoms with Crippen LogP contribution in [0.4, 0.5) is 11.4 Å². The molecule has 1 saturated heterocycles. The van der Waals surface area contributed by atoms with Crippen LogP contribution >= 0.6 is 23.2 Å². The highest BCUT2D eigenvalue weighted by atomic mass is 35.5. The van der Waals surface area contributed by atoms with E-state index >= 15 is 0 Å². The molecule has 8 heteroatoms. The zero-order valence-electron chi connectivity index (χ0n) is 12.5. The van der Waals surface area contributed by atoms with Crippen molar-refractivity contribution in [2.75, 3.05) is 16.2 Å². The van der Waals surface area contributed by atoms with Crippen molar-refractivity contribution >= 4 is 50.5 Å². The zero-order valence-corrected chi connectivity index (χ0v) is 14.8. The predicted octanol–water partition coefficient (Wildman–Crippen LogP) is 3.92. The Kier molecular flexibility index (Phi) is 4.71. The Morgan fingerprint density at radius 2 is 1.71 bits per heavy atom. The summed E-state index contributed by atoms with van der Waals surface area (Å²) in [7, 11) is -3.88. The maximum Gasteiger partial charge on any atom is 0.262 e. The molecule has 0 aromatic heterocycles. The highest BCUT2D eigenvalue weighted by Crippen LogP contribution is 2.31. The quantitative estimate of drug-likeness (QED) is 0.868. The molecule has 3 rings (SSSR count). The number of amides is 1. The van der Waals surface area contributed by atoms with Crippen LogP contribution in [0.25, 0.3) is 0 Å². The third kappa shape index (κ3) is 3.50. The number of para-hydroxylation sites is 2. The maximum atomic E-state index is 12.6. The van der Waals surface area contributed by atoms with E-state index in [1.807, 2.05) is 0 Å². The first kappa shape index (κ1) is 17.1. The highest BCUT2D eigenvalue weighted by molar-refractivity contribution is 7.92. The summed E-state index contributed by atoms with van der Waals surface area (Å²) in [6.07, 6.45) is 1.22. The van der Waals surface area contributed by atoms with Gasteiger partial charge in [0.15, 0.2) is 0 Å². The van der Waals surface area contributed by atoms with Gasteiger partial charge in [-0.25, -0.2) is 8.42 Å². The van der Waals surface area contributed by atoms with Gasteiger partial charge < -0.3 is 4.90 Å². The van der Waals surface area contributed by atoms with E-state index in [4.69, 9.17) is 23.2 Å². The number of halogens is 2. The SMILES string of the molecule is O=C1CCCN1c1ccccc1NS(=O)(=O)c1cc(Cl)cc(Cl)c1. The molecule has 1 aliphatic rings. The van der Waals surface area contributed by atoms with Gasteiger partial charge in [-0.05, 0) is 36.8 Å². The molecule has 126 valence electrons. The smallest absolute Gasteiger partial charge is 0.262 e. The van der Waals surface area contributed by atoms with Crippen LogP contribution in [-0.4, -0.2) is 20.9 Å². The van der Waals surface area contributed by atoms with E-state index in [-0.39, 0.29) is 20.8 Å². The summed E-state index contributed by atoms with van der Waals surface area (Å²) < 4.78 is 27.8. The summed E-state index contributed by atoms with van der Waals surface area (Å²) in [5, 5.41) is 0.455. The Balaban J connectivity index is 1.97. The van der Waals surface area contributed by atoms with Crippen molar-refractivity contribution in [1.29, 1.82) is 0 Å². The minimum Gasteiger partial charge on any atom is -0.310 e. The second-order valence-electron chi connectivity index (χ2n) is 5.38. The van der Waals surface area contributed by atoms with Crippen molar-refractivity contribution in [2.24, 2.45) is 0 Å². The summed E-state index contributed by atoms with van der Waals surface area (Å²) >= 11 is 11.8. The fourth-order valence-electron chi connectivity index (χ4n) is 2.59. The number of carbonyl (C=O) groups is 1. The van der Waals surface area contributed by atoms with Crippen molar-refractivity contribution in [3.8, 4) is 0 Å². The van der Waals surface area contributed by atoms with Gasteiger partial charge in [0.25, 0.3) is 10.0 Å². The molecule has 5 nitrogen and oxygen atoms in total. The van der Waals surface area contributed by atoms with Crippen LogP contribution in [0, 0.1) is 0 Å². The normalized spacial score (nSPS) is 14.9. The summed E-state index contributed by atoms with van der Waals surface area (Å²) in [6.45, 7) is 0.570. The molecule has 2 aromatic rings. The van der Waals surface area contributed by atoms with Crippen LogP contribution in [0.5, 0.6) is 0 Å². The molecule has 0 spiro atoms. The lowest BCUT2D eigenvalue weighted by atomic mass is 10.2. The Morgan fingerprint density at radius 3 is 2.33 bits per heavy atom. The Bertz CT molecular complexity index is 880. The van der Waals surface area contributed by atoms with Gasteiger partial charge in [0.05, 0.1) is 16.3 Å². The summed E-state index contributed by atoms with van der Waals surface area (Å²) in [5.41, 5.74) is 0.876. The molecule has 0 bridgehead atoms. The predicted molar refractivity (Wildman–Crippen MR) is 95.3 cm³/mol. The number of rotatable bonds is 4. The molecule has 1 amide bonds. The Labute approximate surface area is 150 Å². The molecular weight excluding hydrogens is 371 g/mol. The number of benzene rings is 2. The van der Waals surface area contributed by atoms with Crippen LogP contribution < -0.4 is 9.62 Å². The van der Waals surface area contributed by atoms with Crippen molar-refractivity contribution in [2.45, 2.75) is 17.7 Å². The molecule has 0 saturated carbocycles. The van der Waals surface area contributed by atoms with E-state index in [0.717, 1.165) is 6.42 Å². The van der Waals surface area contributed by atoms with E-state index in [1.165, 1.54) is 18.2 Å². The monoisotopic (exact) mass is 384 g/mol. The standard InChI is InChI=1S/C16H14Cl2N2O3S/c17-11-8-12(18)10-13(9-11)24(22,23)19-14-4-1-2-5-15(14)20-7-3-6-16(20)21/h1-2,4-5,8-10,19H,3,6-7H2. The lowest BCUT2D eigenvalue weighted by molar-refractivity contribution is -0.117. The number of nitrogens with zero attached hydrogens (tertiary/aromatic N) is 1. The molecule has 1 fully saturated rings. The van der Waals surface area contributed by atoms with Gasteiger partial charge in [-0.3, -0.25) is 9.52 Å². The third-order valence-electron chi connectivity index (χ3n) is 3.66. The summed E-state index contributed by atoms with van der Waals surface area (Å²) in [6, 6.07) is 10.9. The van der Waals surface area contributed by atoms with E-state index in [2.05, 4.69) is 4.72 Å². The average molecular weight is 385 g/mol. The molecule has 1 heterocycles. The molecule has 0 aliphatic carbocycles. The Morgan fingerprint density at radius 1 is 1.04 bits per heavy atom. The van der Waals surface area contributed by atoms with Crippen LogP contribution in [-0.2, 0) is 14.8 Å². The van der Waals surface area contributed by atoms with Crippen LogP contribution in [0.3, 0.4) is 0 Å². The molecule has 0 radical (unpaired) electrons. The van der Waals surface area contributed by atoms with Gasteiger partial charge in [-0.1, -0.05) is 35.3 Å². The van der Waals surface area contributed by atoms with Gasteiger partial charge in [-0.15, -0.1) is 0 Å². The molecular formula is C16H14Cl2N2O3S. The average Bonchev–Trinajstić information content (AvgIpc) is 2.92. The van der Waals surface area contributed by atoms with Gasteiger partial charge in [0.2, 0.25) is 5.91 Å². The van der Waals surface area contributed by atoms with E-state index in [1.54, 1.807) is 29.2 Å². The summed E-state index contributed by atoms with van der Waals surface area (Å²) in [4.78, 5) is 13.5. The second kappa shape index (κ2) is 6.63. The molecule has 2 aromatic carbocycles. The lowest BCUT2D eigenvalue weighted by Crippen LogP contribution is -2.25. The number of hydrogen-bond acceptors (Lipinski definition) is 3. The zero-order chi connectivity index (χ0) is 17.3. The Hall–Kier alpha value is -1.76. The van der Waals surface area contributed by atoms with Gasteiger partial charge in [0.1, 0.15) is 0 Å². The van der Waals surface area contributed by atoms with Crippen molar-refractivity contribution in [1.82, 2.24) is 0 Å². The van der Waals surface area contributed by atoms with Crippen molar-refractivity contribution in [3.63, 3.8) is 0 Å². The third-order valence-corrected chi connectivity index (χ3v) is 5.44. The molecule has 24 heavy (non-hydrogen) atoms. The number of sulfonamides is 1. The number of hydrogen-bond donors (Lipinski definition) is 1. The molecule has 1 aliphatic heterocycles. The first-order valence-electron chi connectivity index (χ1n) is 7.25. The van der Waals surface area contributed by atoms with Crippen molar-refractivity contribution < 1.29 is 13.2 Å². The van der Waals surface area contributed by atoms with Gasteiger partial charge in [-0.2, -0.15) is 0 Å². The molecule has 0 atom stereocenters. The largest absolute Gasteiger partial charge is 0.310 e. The van der Waals surface area contributed by atoms with Gasteiger partial charge >= 0.3 is 0 Å². The number of anilines is 2. The first-order chi connectivity index (χ1) is 11.4. The summed E-state index contributed by atoms with van der Waals surface area (Å²) in [5.74, 6) is -0.0209. The van der Waals surface area contributed by atoms with E-state index in [0.29, 0.717) is 24.3 Å². The van der Waals surface area contributed by atoms with E-state index < -0.39 is 10.0 Å². The fourth-order valence-corrected chi connectivity index (χ4v) is 4.39. The van der Waals surface area contributed by atoms with Crippen LogP contribution in [0.1, 0.15) is 12.8 Å². The number of nitrogens with one attached hydrogen (secondary N) is 1. The topological polar surface area (TPSA) is 66.5 Å². The van der Waals surface area contributed by atoms with E-state index in [9.17, 15) is 13.2 Å². The number of carbonyl (C=O) groups excluding carboxylic acids is 1. The fraction of sp³-hybridized carbons (Fsp3) is 0.188. The second-order valence-corrected chi connectivity index (χ2v) is 7.93. The van der Waals surface area contributed by atoms with Crippen LogP contribution in [0.15, 0.2) is 47.4 Å². The van der Waals surface area contributed by atoms with Gasteiger partial charge in [0, 0.05) is 23.0 Å². The maximum absolute atomic E-state index is 12.6.